The summed E-state index contributed by atoms with van der Waals surface area (Å²) >= 11 is 0. The Morgan fingerprint density at radius 3 is 2.20 bits per heavy atom. The molecule has 1 N–H and O–H groups in total. The van der Waals surface area contributed by atoms with Gasteiger partial charge in [-0.25, -0.2) is 0 Å². The highest BCUT2D eigenvalue weighted by Crippen LogP contribution is 2.34. The van der Waals surface area contributed by atoms with Crippen molar-refractivity contribution in [1.29, 1.82) is 0 Å². The molecule has 0 heterocycles. The van der Waals surface area contributed by atoms with E-state index in [0.717, 1.165) is 24.4 Å². The van der Waals surface area contributed by atoms with Crippen LogP contribution in [0.15, 0.2) is 0 Å². The molecule has 2 aliphatic rings. The molecule has 2 rings (SSSR count). The molecule has 2 aliphatic carbocycles. The van der Waals surface area contributed by atoms with Crippen molar-refractivity contribution in [2.45, 2.75) is 70.8 Å². The van der Waals surface area contributed by atoms with Crippen LogP contribution >= 0.6 is 0 Å². The smallest absolute Gasteiger partial charge is 0.00978 e. The van der Waals surface area contributed by atoms with Crippen molar-refractivity contribution in [2.24, 2.45) is 11.8 Å². The first-order chi connectivity index (χ1) is 7.40. The fourth-order valence-corrected chi connectivity index (χ4v) is 3.67. The topological polar surface area (TPSA) is 12.0 Å². The molecular formula is C14H27N. The molecule has 0 aromatic heterocycles. The Labute approximate surface area is 95.0 Å². The van der Waals surface area contributed by atoms with Crippen molar-refractivity contribution in [3.8, 4) is 0 Å². The van der Waals surface area contributed by atoms with Gasteiger partial charge in [0.2, 0.25) is 0 Å². The molecule has 1 nitrogen and oxygen atoms in total. The summed E-state index contributed by atoms with van der Waals surface area (Å²) in [5, 5.41) is 3.75. The maximum Gasteiger partial charge on any atom is 0.00978 e. The van der Waals surface area contributed by atoms with Crippen LogP contribution in [-0.4, -0.2) is 12.6 Å². The highest BCUT2D eigenvalue weighted by molar-refractivity contribution is 4.83. The molecular weight excluding hydrogens is 182 g/mol. The van der Waals surface area contributed by atoms with Crippen molar-refractivity contribution >= 4 is 0 Å². The lowest BCUT2D eigenvalue weighted by Gasteiger charge is -2.27. The van der Waals surface area contributed by atoms with Crippen molar-refractivity contribution in [2.75, 3.05) is 6.54 Å². The van der Waals surface area contributed by atoms with Gasteiger partial charge in [0.1, 0.15) is 0 Å². The monoisotopic (exact) mass is 209 g/mol. The van der Waals surface area contributed by atoms with Gasteiger partial charge in [-0.05, 0) is 37.6 Å². The predicted molar refractivity (Wildman–Crippen MR) is 66.0 cm³/mol. The minimum absolute atomic E-state index is 0.848. The second-order valence-electron chi connectivity index (χ2n) is 5.59. The summed E-state index contributed by atoms with van der Waals surface area (Å²) in [7, 11) is 0. The van der Waals surface area contributed by atoms with Crippen LogP contribution in [0.3, 0.4) is 0 Å². The van der Waals surface area contributed by atoms with E-state index in [1.165, 1.54) is 57.8 Å². The zero-order valence-electron chi connectivity index (χ0n) is 10.3. The Morgan fingerprint density at radius 1 is 1.00 bits per heavy atom. The zero-order chi connectivity index (χ0) is 10.5. The van der Waals surface area contributed by atoms with Gasteiger partial charge in [-0.15, -0.1) is 0 Å². The lowest BCUT2D eigenvalue weighted by molar-refractivity contribution is 0.298. The van der Waals surface area contributed by atoms with Crippen molar-refractivity contribution in [1.82, 2.24) is 5.32 Å². The summed E-state index contributed by atoms with van der Waals surface area (Å²) in [6, 6.07) is 0.848. The maximum absolute atomic E-state index is 3.75. The lowest BCUT2D eigenvalue weighted by Crippen LogP contribution is -2.36. The van der Waals surface area contributed by atoms with E-state index in [-0.39, 0.29) is 0 Å². The van der Waals surface area contributed by atoms with Gasteiger partial charge in [-0.3, -0.25) is 0 Å². The molecule has 0 bridgehead atoms. The Hall–Kier alpha value is -0.0400. The average Bonchev–Trinajstić information content (AvgIpc) is 2.89. The largest absolute Gasteiger partial charge is 0.314 e. The normalized spacial score (nSPS) is 26.2. The van der Waals surface area contributed by atoms with Crippen LogP contribution < -0.4 is 5.32 Å². The van der Waals surface area contributed by atoms with E-state index in [1.807, 2.05) is 0 Å². The second kappa shape index (κ2) is 5.89. The van der Waals surface area contributed by atoms with Crippen LogP contribution in [0.2, 0.25) is 0 Å². The van der Waals surface area contributed by atoms with Crippen molar-refractivity contribution < 1.29 is 0 Å². The van der Waals surface area contributed by atoms with E-state index < -0.39 is 0 Å². The first-order valence-electron chi connectivity index (χ1n) is 7.13. The molecule has 0 aromatic rings. The fraction of sp³-hybridized carbons (Fsp3) is 1.00. The van der Waals surface area contributed by atoms with E-state index in [9.17, 15) is 0 Å². The lowest BCUT2D eigenvalue weighted by atomic mass is 9.88. The molecule has 2 fully saturated rings. The fourth-order valence-electron chi connectivity index (χ4n) is 3.67. The van der Waals surface area contributed by atoms with Crippen molar-refractivity contribution in [3.05, 3.63) is 0 Å². The highest BCUT2D eigenvalue weighted by Gasteiger charge is 2.27. The SMILES string of the molecule is CCNC(CC1CCCC1)C1CCCC1. The minimum Gasteiger partial charge on any atom is -0.314 e. The summed E-state index contributed by atoms with van der Waals surface area (Å²) in [4.78, 5) is 0. The first kappa shape index (κ1) is 11.4. The molecule has 0 amide bonds. The Morgan fingerprint density at radius 2 is 1.60 bits per heavy atom. The molecule has 0 spiro atoms. The van der Waals surface area contributed by atoms with Crippen LogP contribution in [0.1, 0.15) is 64.7 Å². The van der Waals surface area contributed by atoms with E-state index in [0.29, 0.717) is 0 Å². The van der Waals surface area contributed by atoms with E-state index in [1.54, 1.807) is 0 Å². The first-order valence-corrected chi connectivity index (χ1v) is 7.13. The number of rotatable bonds is 5. The van der Waals surface area contributed by atoms with Gasteiger partial charge >= 0.3 is 0 Å². The van der Waals surface area contributed by atoms with Crippen LogP contribution in [0, 0.1) is 11.8 Å². The standard InChI is InChI=1S/C14H27N/c1-2-15-14(13-9-5-6-10-13)11-12-7-3-4-8-12/h12-15H,2-11H2,1H3. The van der Waals surface area contributed by atoms with Gasteiger partial charge in [-0.1, -0.05) is 45.4 Å². The molecule has 1 heteroatoms. The third-order valence-corrected chi connectivity index (χ3v) is 4.50. The van der Waals surface area contributed by atoms with Gasteiger partial charge in [0.05, 0.1) is 0 Å². The second-order valence-corrected chi connectivity index (χ2v) is 5.59. The van der Waals surface area contributed by atoms with E-state index in [4.69, 9.17) is 0 Å². The Bertz CT molecular complexity index is 166. The Balaban J connectivity index is 1.81. The van der Waals surface area contributed by atoms with Gasteiger partial charge in [0, 0.05) is 6.04 Å². The molecule has 2 saturated carbocycles. The van der Waals surface area contributed by atoms with Gasteiger partial charge in [0.15, 0.2) is 0 Å². The van der Waals surface area contributed by atoms with E-state index >= 15 is 0 Å². The minimum atomic E-state index is 0.848. The van der Waals surface area contributed by atoms with Gasteiger partial charge < -0.3 is 5.32 Å². The Kier molecular flexibility index (Phi) is 4.49. The molecule has 0 radical (unpaired) electrons. The molecule has 1 atom stereocenters. The summed E-state index contributed by atoms with van der Waals surface area (Å²) in [6.45, 7) is 3.42. The number of hydrogen-bond acceptors (Lipinski definition) is 1. The quantitative estimate of drug-likeness (QED) is 0.727. The zero-order valence-corrected chi connectivity index (χ0v) is 10.3. The third kappa shape index (κ3) is 3.21. The molecule has 0 saturated heterocycles. The molecule has 88 valence electrons. The predicted octanol–water partition coefficient (Wildman–Crippen LogP) is 3.74. The van der Waals surface area contributed by atoms with Crippen LogP contribution in [0.4, 0.5) is 0 Å². The highest BCUT2D eigenvalue weighted by atomic mass is 14.9. The maximum atomic E-state index is 3.75. The molecule has 0 aromatic carbocycles. The number of hydrogen-bond donors (Lipinski definition) is 1. The van der Waals surface area contributed by atoms with Crippen LogP contribution in [0.25, 0.3) is 0 Å². The van der Waals surface area contributed by atoms with Crippen molar-refractivity contribution in [3.63, 3.8) is 0 Å². The van der Waals surface area contributed by atoms with Gasteiger partial charge in [-0.2, -0.15) is 0 Å². The van der Waals surface area contributed by atoms with E-state index in [2.05, 4.69) is 12.2 Å². The average molecular weight is 209 g/mol. The molecule has 15 heavy (non-hydrogen) atoms. The van der Waals surface area contributed by atoms with Crippen LogP contribution in [0.5, 0.6) is 0 Å². The summed E-state index contributed by atoms with van der Waals surface area (Å²) < 4.78 is 0. The third-order valence-electron chi connectivity index (χ3n) is 4.50. The number of nitrogens with one attached hydrogen (secondary N) is 1. The van der Waals surface area contributed by atoms with Gasteiger partial charge in [0.25, 0.3) is 0 Å². The van der Waals surface area contributed by atoms with Crippen LogP contribution in [-0.2, 0) is 0 Å². The summed E-state index contributed by atoms with van der Waals surface area (Å²) in [5.74, 6) is 2.06. The summed E-state index contributed by atoms with van der Waals surface area (Å²) in [5.41, 5.74) is 0. The molecule has 0 aliphatic heterocycles. The molecule has 1 unspecified atom stereocenters. The summed E-state index contributed by atoms with van der Waals surface area (Å²) in [6.07, 6.45) is 13.4.